The van der Waals surface area contributed by atoms with Crippen molar-refractivity contribution in [2.45, 2.75) is 13.3 Å². The number of aromatic nitrogens is 2. The predicted molar refractivity (Wildman–Crippen MR) is 83.4 cm³/mol. The lowest BCUT2D eigenvalue weighted by molar-refractivity contribution is -0.120. The topological polar surface area (TPSA) is 116 Å². The molecule has 8 nitrogen and oxygen atoms in total. The first kappa shape index (κ1) is 16.2. The number of ether oxygens (including phenoxy) is 1. The Morgan fingerprint density at radius 3 is 2.52 bits per heavy atom. The van der Waals surface area contributed by atoms with Crippen molar-refractivity contribution in [3.63, 3.8) is 0 Å². The molecular weight excluding hydrogens is 300 g/mol. The summed E-state index contributed by atoms with van der Waals surface area (Å²) >= 11 is 0. The second-order valence-electron chi connectivity index (χ2n) is 4.77. The van der Waals surface area contributed by atoms with E-state index in [9.17, 15) is 14.4 Å². The van der Waals surface area contributed by atoms with Crippen molar-refractivity contribution < 1.29 is 14.3 Å². The molecule has 1 aromatic heterocycles. The van der Waals surface area contributed by atoms with Crippen LogP contribution in [0, 0.1) is 6.92 Å². The molecule has 0 unspecified atom stereocenters. The van der Waals surface area contributed by atoms with E-state index in [4.69, 9.17) is 0 Å². The van der Waals surface area contributed by atoms with Gasteiger partial charge >= 0.3 is 5.97 Å². The van der Waals surface area contributed by atoms with Crippen LogP contribution in [-0.4, -0.2) is 35.4 Å². The Kier molecular flexibility index (Phi) is 5.08. The minimum absolute atomic E-state index is 0.0662. The van der Waals surface area contributed by atoms with Crippen LogP contribution < -0.4 is 11.0 Å². The number of aryl methyl sites for hydroxylation is 1. The molecule has 0 aliphatic heterocycles. The van der Waals surface area contributed by atoms with E-state index < -0.39 is 11.9 Å². The summed E-state index contributed by atoms with van der Waals surface area (Å²) in [7, 11) is 1.31. The minimum Gasteiger partial charge on any atom is -0.465 e. The standard InChI is InChI=1S/C15H16N4O4/c1-9-12(14(21)19-17-9)7-13(20)18-16-8-10-3-5-11(6-4-10)15(22)23-2/h3-6,8H,7H2,1-2H3,(H,18,20)(H2,17,19,21). The fraction of sp³-hybridized carbons (Fsp3) is 0.200. The zero-order chi connectivity index (χ0) is 16.8. The summed E-state index contributed by atoms with van der Waals surface area (Å²) in [6.07, 6.45) is 1.37. The Morgan fingerprint density at radius 1 is 1.26 bits per heavy atom. The van der Waals surface area contributed by atoms with E-state index in [-0.39, 0.29) is 12.0 Å². The van der Waals surface area contributed by atoms with Crippen molar-refractivity contribution in [2.75, 3.05) is 7.11 Å². The largest absolute Gasteiger partial charge is 0.465 e. The zero-order valence-corrected chi connectivity index (χ0v) is 12.7. The van der Waals surface area contributed by atoms with Crippen LogP contribution in [0.25, 0.3) is 0 Å². The van der Waals surface area contributed by atoms with Gasteiger partial charge in [-0.3, -0.25) is 14.7 Å². The van der Waals surface area contributed by atoms with Crippen LogP contribution >= 0.6 is 0 Å². The van der Waals surface area contributed by atoms with Gasteiger partial charge in [-0.25, -0.2) is 10.2 Å². The Morgan fingerprint density at radius 2 is 1.96 bits per heavy atom. The number of H-pyrrole nitrogens is 2. The first-order valence-electron chi connectivity index (χ1n) is 6.77. The number of hydrogen-bond acceptors (Lipinski definition) is 5. The molecule has 3 N–H and O–H groups in total. The summed E-state index contributed by atoms with van der Waals surface area (Å²) in [5, 5.41) is 8.87. The van der Waals surface area contributed by atoms with Crippen LogP contribution in [0.1, 0.15) is 27.2 Å². The fourth-order valence-corrected chi connectivity index (χ4v) is 1.89. The average molecular weight is 316 g/mol. The van der Waals surface area contributed by atoms with Gasteiger partial charge in [-0.05, 0) is 24.6 Å². The molecule has 23 heavy (non-hydrogen) atoms. The lowest BCUT2D eigenvalue weighted by Crippen LogP contribution is -2.23. The van der Waals surface area contributed by atoms with Gasteiger partial charge in [0.25, 0.3) is 5.56 Å². The highest BCUT2D eigenvalue weighted by Gasteiger charge is 2.10. The number of amides is 1. The third-order valence-corrected chi connectivity index (χ3v) is 3.16. The summed E-state index contributed by atoms with van der Waals surface area (Å²) < 4.78 is 4.60. The maximum absolute atomic E-state index is 11.7. The molecule has 0 spiro atoms. The summed E-state index contributed by atoms with van der Waals surface area (Å²) in [6, 6.07) is 6.53. The van der Waals surface area contributed by atoms with Crippen molar-refractivity contribution in [3.05, 3.63) is 57.0 Å². The lowest BCUT2D eigenvalue weighted by Gasteiger charge is -2.00. The highest BCUT2D eigenvalue weighted by atomic mass is 16.5. The number of rotatable bonds is 5. The van der Waals surface area contributed by atoms with E-state index >= 15 is 0 Å². The van der Waals surface area contributed by atoms with Gasteiger partial charge in [-0.15, -0.1) is 0 Å². The minimum atomic E-state index is -0.422. The number of hydrogen-bond donors (Lipinski definition) is 3. The SMILES string of the molecule is COC(=O)c1ccc(C=NNC(=O)Cc2c(C)[nH][nH]c2=O)cc1. The van der Waals surface area contributed by atoms with Gasteiger partial charge in [0.2, 0.25) is 5.91 Å². The fourth-order valence-electron chi connectivity index (χ4n) is 1.89. The predicted octanol–water partition coefficient (Wildman–Crippen LogP) is 0.491. The Balaban J connectivity index is 1.92. The van der Waals surface area contributed by atoms with E-state index in [0.717, 1.165) is 0 Å². The van der Waals surface area contributed by atoms with Gasteiger partial charge in [0.1, 0.15) is 0 Å². The molecule has 1 aromatic carbocycles. The molecule has 8 heteroatoms. The van der Waals surface area contributed by atoms with E-state index in [1.807, 2.05) is 0 Å². The quantitative estimate of drug-likeness (QED) is 0.423. The number of nitrogens with one attached hydrogen (secondary N) is 3. The van der Waals surface area contributed by atoms with Crippen molar-refractivity contribution in [2.24, 2.45) is 5.10 Å². The molecule has 0 aliphatic carbocycles. The molecule has 0 saturated carbocycles. The maximum atomic E-state index is 11.7. The molecule has 0 saturated heterocycles. The number of benzene rings is 1. The summed E-state index contributed by atoms with van der Waals surface area (Å²) in [4.78, 5) is 34.5. The highest BCUT2D eigenvalue weighted by Crippen LogP contribution is 2.04. The van der Waals surface area contributed by atoms with Crippen LogP contribution in [0.4, 0.5) is 0 Å². The van der Waals surface area contributed by atoms with E-state index in [1.54, 1.807) is 31.2 Å². The smallest absolute Gasteiger partial charge is 0.337 e. The average Bonchev–Trinajstić information content (AvgIpc) is 2.86. The zero-order valence-electron chi connectivity index (χ0n) is 12.7. The maximum Gasteiger partial charge on any atom is 0.337 e. The number of aromatic amines is 2. The second-order valence-corrected chi connectivity index (χ2v) is 4.77. The first-order chi connectivity index (χ1) is 11.0. The Bertz CT molecular complexity index is 787. The van der Waals surface area contributed by atoms with Crippen LogP contribution in [-0.2, 0) is 16.0 Å². The number of methoxy groups -OCH3 is 1. The molecule has 1 heterocycles. The molecule has 2 aromatic rings. The van der Waals surface area contributed by atoms with Gasteiger partial charge in [-0.2, -0.15) is 5.10 Å². The Labute approximate surface area is 131 Å². The molecule has 0 bridgehead atoms. The van der Waals surface area contributed by atoms with Crippen molar-refractivity contribution in [1.82, 2.24) is 15.6 Å². The second kappa shape index (κ2) is 7.21. The molecule has 120 valence electrons. The summed E-state index contributed by atoms with van der Waals surface area (Å²) in [6.45, 7) is 1.70. The van der Waals surface area contributed by atoms with Gasteiger partial charge in [0.15, 0.2) is 0 Å². The van der Waals surface area contributed by atoms with Gasteiger partial charge in [-0.1, -0.05) is 12.1 Å². The van der Waals surface area contributed by atoms with Crippen LogP contribution in [0.2, 0.25) is 0 Å². The van der Waals surface area contributed by atoms with Crippen molar-refractivity contribution >= 4 is 18.1 Å². The van der Waals surface area contributed by atoms with E-state index in [0.29, 0.717) is 22.4 Å². The molecule has 1 amide bonds. The molecular formula is C15H16N4O4. The first-order valence-corrected chi connectivity index (χ1v) is 6.77. The van der Waals surface area contributed by atoms with Crippen molar-refractivity contribution in [1.29, 1.82) is 0 Å². The number of hydrazone groups is 1. The molecule has 0 radical (unpaired) electrons. The van der Waals surface area contributed by atoms with E-state index in [2.05, 4.69) is 25.5 Å². The third-order valence-electron chi connectivity index (χ3n) is 3.16. The van der Waals surface area contributed by atoms with Gasteiger partial charge in [0, 0.05) is 11.3 Å². The summed E-state index contributed by atoms with van der Waals surface area (Å²) in [5.41, 5.74) is 4.15. The number of carbonyl (C=O) groups is 2. The van der Waals surface area contributed by atoms with Gasteiger partial charge in [0.05, 0.1) is 25.3 Å². The number of esters is 1. The summed E-state index contributed by atoms with van der Waals surface area (Å²) in [5.74, 6) is -0.825. The molecule has 0 aliphatic rings. The van der Waals surface area contributed by atoms with Gasteiger partial charge < -0.3 is 9.84 Å². The van der Waals surface area contributed by atoms with E-state index in [1.165, 1.54) is 13.3 Å². The number of carbonyl (C=O) groups excluding carboxylic acids is 2. The highest BCUT2D eigenvalue weighted by molar-refractivity contribution is 5.90. The van der Waals surface area contributed by atoms with Crippen LogP contribution in [0.5, 0.6) is 0 Å². The molecule has 0 atom stereocenters. The Hall–Kier alpha value is -3.16. The monoisotopic (exact) mass is 316 g/mol. The van der Waals surface area contributed by atoms with Crippen molar-refractivity contribution in [3.8, 4) is 0 Å². The lowest BCUT2D eigenvalue weighted by atomic mass is 10.1. The van der Waals surface area contributed by atoms with Crippen LogP contribution in [0.3, 0.4) is 0 Å². The van der Waals surface area contributed by atoms with Crippen LogP contribution in [0.15, 0.2) is 34.2 Å². The normalized spacial score (nSPS) is 10.7. The molecule has 0 fully saturated rings. The third kappa shape index (κ3) is 4.16. The molecule has 2 rings (SSSR count). The number of nitrogens with zero attached hydrogens (tertiary/aromatic N) is 1.